The zero-order valence-corrected chi connectivity index (χ0v) is 13.1. The summed E-state index contributed by atoms with van der Waals surface area (Å²) >= 11 is 0. The summed E-state index contributed by atoms with van der Waals surface area (Å²) in [6.45, 7) is 3.84. The Bertz CT molecular complexity index is 468. The Labute approximate surface area is 121 Å². The molecule has 0 spiro atoms. The molecule has 0 bridgehead atoms. The Hall–Kier alpha value is -0.680. The molecule has 1 rings (SSSR count). The summed E-state index contributed by atoms with van der Waals surface area (Å²) in [6.07, 6.45) is 8.50. The van der Waals surface area contributed by atoms with Crippen molar-refractivity contribution in [2.45, 2.75) is 69.7 Å². The Morgan fingerprint density at radius 1 is 1.25 bits per heavy atom. The second-order valence-corrected chi connectivity index (χ2v) is 7.30. The van der Waals surface area contributed by atoms with Gasteiger partial charge in [0.2, 0.25) is 0 Å². The smallest absolute Gasteiger partial charge is 0.277 e. The van der Waals surface area contributed by atoms with Gasteiger partial charge in [-0.05, 0) is 19.4 Å². The fourth-order valence-corrected chi connectivity index (χ4v) is 3.55. The predicted octanol–water partition coefficient (Wildman–Crippen LogP) is 4.22. The van der Waals surface area contributed by atoms with Crippen LogP contribution in [0.5, 0.6) is 0 Å². The van der Waals surface area contributed by atoms with Gasteiger partial charge in [-0.1, -0.05) is 63.2 Å². The van der Waals surface area contributed by atoms with Gasteiger partial charge in [0.25, 0.3) is 10.1 Å². The highest BCUT2D eigenvalue weighted by atomic mass is 32.2. The molecule has 5 heteroatoms. The van der Waals surface area contributed by atoms with Gasteiger partial charge in [0.1, 0.15) is 6.17 Å². The maximum absolute atomic E-state index is 14.2. The summed E-state index contributed by atoms with van der Waals surface area (Å²) in [6, 6.07) is 0. The van der Waals surface area contributed by atoms with E-state index in [1.165, 1.54) is 12.2 Å². The van der Waals surface area contributed by atoms with Crippen LogP contribution in [0.2, 0.25) is 0 Å². The largest absolute Gasteiger partial charge is 0.285 e. The van der Waals surface area contributed by atoms with E-state index in [0.29, 0.717) is 12.0 Å². The lowest BCUT2D eigenvalue weighted by atomic mass is 9.89. The van der Waals surface area contributed by atoms with E-state index in [1.54, 1.807) is 13.0 Å². The minimum atomic E-state index is -4.46. The van der Waals surface area contributed by atoms with Crippen LogP contribution in [-0.4, -0.2) is 23.9 Å². The molecule has 0 heterocycles. The zero-order chi connectivity index (χ0) is 15.2. The summed E-state index contributed by atoms with van der Waals surface area (Å²) in [5, 5.41) is 0. The Morgan fingerprint density at radius 2 is 1.85 bits per heavy atom. The van der Waals surface area contributed by atoms with E-state index in [2.05, 4.69) is 6.92 Å². The van der Waals surface area contributed by atoms with Crippen LogP contribution in [0.1, 0.15) is 58.8 Å². The first-order valence-electron chi connectivity index (χ1n) is 7.32. The molecule has 0 saturated carbocycles. The van der Waals surface area contributed by atoms with Crippen molar-refractivity contribution in [1.82, 2.24) is 0 Å². The Balaban J connectivity index is 2.66. The highest BCUT2D eigenvalue weighted by Crippen LogP contribution is 2.36. The molecular weight excluding hydrogens is 279 g/mol. The standard InChI is InChI=1S/C15H25FO3S/c1-3-4-5-6-7-8-10-15(20(17,18)19)11-9-13(2)12-14(15)16/h9,11-12,14H,3-8,10H2,1-2H3,(H,17,18,19). The van der Waals surface area contributed by atoms with Crippen LogP contribution in [0.3, 0.4) is 0 Å². The van der Waals surface area contributed by atoms with Crippen molar-refractivity contribution in [3.63, 3.8) is 0 Å². The lowest BCUT2D eigenvalue weighted by molar-refractivity contribution is 0.295. The molecule has 1 aliphatic carbocycles. The van der Waals surface area contributed by atoms with Gasteiger partial charge in [0.15, 0.2) is 4.75 Å². The van der Waals surface area contributed by atoms with Gasteiger partial charge in [-0.25, -0.2) is 4.39 Å². The lowest BCUT2D eigenvalue weighted by Gasteiger charge is -2.32. The molecule has 0 fully saturated rings. The van der Waals surface area contributed by atoms with Gasteiger partial charge < -0.3 is 0 Å². The van der Waals surface area contributed by atoms with Crippen LogP contribution in [0.15, 0.2) is 23.8 Å². The fourth-order valence-electron chi connectivity index (χ4n) is 2.55. The molecule has 0 aliphatic heterocycles. The maximum Gasteiger partial charge on any atom is 0.277 e. The predicted molar refractivity (Wildman–Crippen MR) is 80.1 cm³/mol. The molecule has 2 atom stereocenters. The monoisotopic (exact) mass is 304 g/mol. The minimum Gasteiger partial charge on any atom is -0.285 e. The van der Waals surface area contributed by atoms with Crippen LogP contribution >= 0.6 is 0 Å². The third kappa shape index (κ3) is 4.16. The summed E-state index contributed by atoms with van der Waals surface area (Å²) in [5.41, 5.74) is 0.680. The van der Waals surface area contributed by atoms with Crippen molar-refractivity contribution in [2.75, 3.05) is 0 Å². The maximum atomic E-state index is 14.2. The molecule has 0 aromatic rings. The average molecular weight is 304 g/mol. The van der Waals surface area contributed by atoms with Gasteiger partial charge in [-0.3, -0.25) is 4.55 Å². The molecule has 0 saturated heterocycles. The normalized spacial score (nSPS) is 26.6. The van der Waals surface area contributed by atoms with Crippen molar-refractivity contribution in [1.29, 1.82) is 0 Å². The van der Waals surface area contributed by atoms with E-state index < -0.39 is 21.0 Å². The van der Waals surface area contributed by atoms with Gasteiger partial charge in [-0.2, -0.15) is 8.42 Å². The van der Waals surface area contributed by atoms with Crippen molar-refractivity contribution < 1.29 is 17.4 Å². The molecule has 3 nitrogen and oxygen atoms in total. The molecule has 20 heavy (non-hydrogen) atoms. The number of hydrogen-bond acceptors (Lipinski definition) is 2. The molecular formula is C15H25FO3S. The van der Waals surface area contributed by atoms with Crippen molar-refractivity contribution in [3.8, 4) is 0 Å². The van der Waals surface area contributed by atoms with E-state index in [0.717, 1.165) is 32.1 Å². The first kappa shape index (κ1) is 17.4. The van der Waals surface area contributed by atoms with Crippen LogP contribution in [0.25, 0.3) is 0 Å². The third-order valence-electron chi connectivity index (χ3n) is 3.91. The van der Waals surface area contributed by atoms with Gasteiger partial charge >= 0.3 is 0 Å². The van der Waals surface area contributed by atoms with E-state index in [-0.39, 0.29) is 6.42 Å². The van der Waals surface area contributed by atoms with Crippen LogP contribution in [-0.2, 0) is 10.1 Å². The molecule has 0 radical (unpaired) electrons. The highest BCUT2D eigenvalue weighted by molar-refractivity contribution is 7.87. The first-order valence-corrected chi connectivity index (χ1v) is 8.76. The van der Waals surface area contributed by atoms with Gasteiger partial charge in [-0.15, -0.1) is 0 Å². The SMILES string of the molecule is CCCCCCCCC1(S(=O)(=O)O)C=CC(C)=CC1F. The third-order valence-corrected chi connectivity index (χ3v) is 5.43. The summed E-state index contributed by atoms with van der Waals surface area (Å²) < 4.78 is 45.1. The number of halogens is 1. The van der Waals surface area contributed by atoms with Crippen LogP contribution < -0.4 is 0 Å². The lowest BCUT2D eigenvalue weighted by Crippen LogP contribution is -2.45. The summed E-state index contributed by atoms with van der Waals surface area (Å²) in [5.74, 6) is 0. The fraction of sp³-hybridized carbons (Fsp3) is 0.733. The average Bonchev–Trinajstić information content (AvgIpc) is 2.34. The number of rotatable bonds is 8. The number of alkyl halides is 1. The topological polar surface area (TPSA) is 54.4 Å². The van der Waals surface area contributed by atoms with Crippen LogP contribution in [0.4, 0.5) is 4.39 Å². The molecule has 2 unspecified atom stereocenters. The highest BCUT2D eigenvalue weighted by Gasteiger charge is 2.48. The number of hydrogen-bond donors (Lipinski definition) is 1. The van der Waals surface area contributed by atoms with Gasteiger partial charge in [0.05, 0.1) is 0 Å². The molecule has 0 aromatic carbocycles. The molecule has 1 N–H and O–H groups in total. The summed E-state index contributed by atoms with van der Waals surface area (Å²) in [4.78, 5) is 0. The van der Waals surface area contributed by atoms with E-state index in [1.807, 2.05) is 0 Å². The number of allylic oxidation sites excluding steroid dienone is 3. The van der Waals surface area contributed by atoms with E-state index >= 15 is 0 Å². The minimum absolute atomic E-state index is 0.124. The summed E-state index contributed by atoms with van der Waals surface area (Å²) in [7, 11) is -4.46. The van der Waals surface area contributed by atoms with E-state index in [9.17, 15) is 17.4 Å². The second kappa shape index (κ2) is 7.36. The molecule has 0 amide bonds. The molecule has 0 aromatic heterocycles. The molecule has 1 aliphatic rings. The van der Waals surface area contributed by atoms with Crippen LogP contribution in [0, 0.1) is 0 Å². The Morgan fingerprint density at radius 3 is 2.40 bits per heavy atom. The second-order valence-electron chi connectivity index (χ2n) is 5.59. The first-order chi connectivity index (χ1) is 9.33. The zero-order valence-electron chi connectivity index (χ0n) is 12.3. The quantitative estimate of drug-likeness (QED) is 0.539. The van der Waals surface area contributed by atoms with Crippen molar-refractivity contribution in [3.05, 3.63) is 23.8 Å². The van der Waals surface area contributed by atoms with Crippen molar-refractivity contribution in [2.24, 2.45) is 0 Å². The Kier molecular flexibility index (Phi) is 6.40. The molecule has 116 valence electrons. The van der Waals surface area contributed by atoms with Gasteiger partial charge in [0, 0.05) is 0 Å². The number of unbranched alkanes of at least 4 members (excludes halogenated alkanes) is 5. The van der Waals surface area contributed by atoms with E-state index in [4.69, 9.17) is 0 Å². The van der Waals surface area contributed by atoms with Crippen molar-refractivity contribution >= 4 is 10.1 Å².